The van der Waals surface area contributed by atoms with Crippen LogP contribution in [0.3, 0.4) is 0 Å². The summed E-state index contributed by atoms with van der Waals surface area (Å²) in [4.78, 5) is 27.8. The summed E-state index contributed by atoms with van der Waals surface area (Å²) in [6.07, 6.45) is 5.13. The molecule has 1 amide bonds. The number of nitrogens with zero attached hydrogens (tertiary/aromatic N) is 3. The Labute approximate surface area is 183 Å². The molecule has 1 N–H and O–H groups in total. The summed E-state index contributed by atoms with van der Waals surface area (Å²) < 4.78 is 0.747. The number of ketones is 1. The standard InChI is InChI=1S/C20H23ClN4O2S2/c1-25(17(27)12-28-19-24-23-18(29-19)22-13-9-10-13)20(11-5-4-8-16(20)26)14-6-2-3-7-15(14)21/h2-3,6-7,13H,4-5,8-12H2,1H3,(H,22,23). The lowest BCUT2D eigenvalue weighted by atomic mass is 9.74. The molecule has 2 aromatic rings. The number of rotatable bonds is 7. The van der Waals surface area contributed by atoms with Crippen molar-refractivity contribution in [2.75, 3.05) is 18.1 Å². The predicted molar refractivity (Wildman–Crippen MR) is 117 cm³/mol. The summed E-state index contributed by atoms with van der Waals surface area (Å²) in [7, 11) is 1.72. The van der Waals surface area contributed by atoms with Crippen molar-refractivity contribution in [2.45, 2.75) is 54.4 Å². The van der Waals surface area contributed by atoms with Crippen molar-refractivity contribution < 1.29 is 9.59 Å². The van der Waals surface area contributed by atoms with Crippen LogP contribution in [0.4, 0.5) is 5.13 Å². The fourth-order valence-corrected chi connectivity index (χ4v) is 5.83. The van der Waals surface area contributed by atoms with E-state index in [0.29, 0.717) is 23.9 Å². The van der Waals surface area contributed by atoms with Gasteiger partial charge in [0.25, 0.3) is 0 Å². The second-order valence-electron chi connectivity index (χ2n) is 7.50. The molecule has 2 fully saturated rings. The second kappa shape index (κ2) is 8.62. The number of hydrogen-bond donors (Lipinski definition) is 1. The Bertz CT molecular complexity index is 917. The first kappa shape index (κ1) is 20.6. The summed E-state index contributed by atoms with van der Waals surface area (Å²) in [5.74, 6) is 0.148. The number of halogens is 1. The molecule has 1 heterocycles. The molecular weight excluding hydrogens is 428 g/mol. The van der Waals surface area contributed by atoms with E-state index in [9.17, 15) is 9.59 Å². The molecule has 2 aliphatic rings. The molecule has 4 rings (SSSR count). The highest BCUT2D eigenvalue weighted by Gasteiger charge is 2.47. The van der Waals surface area contributed by atoms with Crippen LogP contribution in [0.15, 0.2) is 28.6 Å². The summed E-state index contributed by atoms with van der Waals surface area (Å²) in [6.45, 7) is 0. The van der Waals surface area contributed by atoms with Crippen LogP contribution in [0, 0.1) is 0 Å². The largest absolute Gasteiger partial charge is 0.357 e. The minimum absolute atomic E-state index is 0.0598. The van der Waals surface area contributed by atoms with Crippen molar-refractivity contribution in [3.63, 3.8) is 0 Å². The zero-order valence-electron chi connectivity index (χ0n) is 16.2. The third-order valence-corrected chi connectivity index (χ3v) is 7.85. The number of likely N-dealkylation sites (N-methyl/N-ethyl adjacent to an activating group) is 1. The van der Waals surface area contributed by atoms with Crippen LogP contribution in [0.25, 0.3) is 0 Å². The van der Waals surface area contributed by atoms with Crippen LogP contribution in [0.5, 0.6) is 0 Å². The number of hydrogen-bond acceptors (Lipinski definition) is 7. The number of Topliss-reactive ketones (excluding diaryl/α,β-unsaturated/α-hetero) is 1. The van der Waals surface area contributed by atoms with Gasteiger partial charge in [0.05, 0.1) is 5.75 Å². The monoisotopic (exact) mass is 450 g/mol. The highest BCUT2D eigenvalue weighted by molar-refractivity contribution is 8.01. The summed E-state index contributed by atoms with van der Waals surface area (Å²) >= 11 is 9.28. The molecule has 154 valence electrons. The summed E-state index contributed by atoms with van der Waals surface area (Å²) in [5, 5.41) is 12.9. The average molecular weight is 451 g/mol. The zero-order chi connectivity index (χ0) is 20.4. The Morgan fingerprint density at radius 3 is 2.86 bits per heavy atom. The van der Waals surface area contributed by atoms with Crippen LogP contribution in [0.2, 0.25) is 5.02 Å². The minimum Gasteiger partial charge on any atom is -0.357 e. The van der Waals surface area contributed by atoms with Crippen molar-refractivity contribution in [2.24, 2.45) is 0 Å². The molecule has 0 saturated heterocycles. The van der Waals surface area contributed by atoms with Gasteiger partial charge < -0.3 is 10.2 Å². The van der Waals surface area contributed by atoms with E-state index < -0.39 is 5.54 Å². The van der Waals surface area contributed by atoms with Crippen LogP contribution < -0.4 is 5.32 Å². The molecule has 1 unspecified atom stereocenters. The Hall–Kier alpha value is -1.64. The topological polar surface area (TPSA) is 75.2 Å². The quantitative estimate of drug-likeness (QED) is 0.632. The van der Waals surface area contributed by atoms with E-state index in [2.05, 4.69) is 15.5 Å². The number of anilines is 1. The van der Waals surface area contributed by atoms with Crippen LogP contribution in [-0.4, -0.2) is 45.6 Å². The number of thioether (sulfide) groups is 1. The molecule has 6 nitrogen and oxygen atoms in total. The smallest absolute Gasteiger partial charge is 0.233 e. The number of nitrogens with one attached hydrogen (secondary N) is 1. The maximum atomic E-state index is 13.1. The number of benzene rings is 1. The molecule has 1 aromatic heterocycles. The highest BCUT2D eigenvalue weighted by atomic mass is 35.5. The third kappa shape index (κ3) is 4.29. The average Bonchev–Trinajstić information content (AvgIpc) is 3.42. The maximum absolute atomic E-state index is 13.1. The Kier molecular flexibility index (Phi) is 6.13. The summed E-state index contributed by atoms with van der Waals surface area (Å²) in [6, 6.07) is 7.87. The van der Waals surface area contributed by atoms with Crippen molar-refractivity contribution in [1.29, 1.82) is 0 Å². The fourth-order valence-electron chi connectivity index (χ4n) is 3.79. The maximum Gasteiger partial charge on any atom is 0.233 e. The van der Waals surface area contributed by atoms with E-state index in [4.69, 9.17) is 11.6 Å². The number of carbonyl (C=O) groups is 2. The lowest BCUT2D eigenvalue weighted by Gasteiger charge is -2.44. The Morgan fingerprint density at radius 2 is 2.14 bits per heavy atom. The molecular formula is C20H23ClN4O2S2. The number of amides is 1. The van der Waals surface area contributed by atoms with Crippen molar-refractivity contribution in [1.82, 2.24) is 15.1 Å². The molecule has 0 spiro atoms. The Morgan fingerprint density at radius 1 is 1.34 bits per heavy atom. The van der Waals surface area contributed by atoms with Gasteiger partial charge >= 0.3 is 0 Å². The highest BCUT2D eigenvalue weighted by Crippen LogP contribution is 2.42. The molecule has 0 aliphatic heterocycles. The second-order valence-corrected chi connectivity index (χ2v) is 10.1. The van der Waals surface area contributed by atoms with Gasteiger partial charge in [0.15, 0.2) is 10.1 Å². The molecule has 1 atom stereocenters. The van der Waals surface area contributed by atoms with Gasteiger partial charge in [-0.05, 0) is 38.2 Å². The van der Waals surface area contributed by atoms with Crippen molar-refractivity contribution >= 4 is 51.5 Å². The number of carbonyl (C=O) groups excluding carboxylic acids is 2. The molecule has 29 heavy (non-hydrogen) atoms. The van der Waals surface area contributed by atoms with Gasteiger partial charge in [-0.2, -0.15) is 0 Å². The van der Waals surface area contributed by atoms with E-state index in [1.165, 1.54) is 35.9 Å². The van der Waals surface area contributed by atoms with E-state index in [1.54, 1.807) is 18.0 Å². The lowest BCUT2D eigenvalue weighted by molar-refractivity contribution is -0.146. The normalized spacial score (nSPS) is 21.8. The lowest BCUT2D eigenvalue weighted by Crippen LogP contribution is -2.54. The fraction of sp³-hybridized carbons (Fsp3) is 0.500. The van der Waals surface area contributed by atoms with E-state index in [0.717, 1.165) is 27.9 Å². The third-order valence-electron chi connectivity index (χ3n) is 5.55. The van der Waals surface area contributed by atoms with Gasteiger partial charge in [-0.15, -0.1) is 10.2 Å². The molecule has 1 aromatic carbocycles. The SMILES string of the molecule is CN(C(=O)CSc1nnc(NC2CC2)s1)C1(c2ccccc2Cl)CCCCC1=O. The van der Waals surface area contributed by atoms with Gasteiger partial charge in [0.1, 0.15) is 5.54 Å². The molecule has 2 aliphatic carbocycles. The molecule has 2 saturated carbocycles. The van der Waals surface area contributed by atoms with Crippen LogP contribution in [0.1, 0.15) is 44.1 Å². The molecule has 0 bridgehead atoms. The first-order chi connectivity index (χ1) is 14.0. The first-order valence-electron chi connectivity index (χ1n) is 9.78. The van der Waals surface area contributed by atoms with E-state index >= 15 is 0 Å². The van der Waals surface area contributed by atoms with Gasteiger partial charge in [-0.25, -0.2) is 0 Å². The first-order valence-corrected chi connectivity index (χ1v) is 12.0. The predicted octanol–water partition coefficient (Wildman–Crippen LogP) is 4.35. The van der Waals surface area contributed by atoms with E-state index in [-0.39, 0.29) is 17.4 Å². The van der Waals surface area contributed by atoms with Gasteiger partial charge in [0.2, 0.25) is 11.0 Å². The van der Waals surface area contributed by atoms with Gasteiger partial charge in [-0.1, -0.05) is 52.9 Å². The van der Waals surface area contributed by atoms with Gasteiger partial charge in [-0.3, -0.25) is 9.59 Å². The van der Waals surface area contributed by atoms with Gasteiger partial charge in [0, 0.05) is 30.1 Å². The van der Waals surface area contributed by atoms with Crippen molar-refractivity contribution in [3.8, 4) is 0 Å². The van der Waals surface area contributed by atoms with Crippen LogP contribution >= 0.6 is 34.7 Å². The minimum atomic E-state index is -0.992. The molecule has 0 radical (unpaired) electrons. The zero-order valence-corrected chi connectivity index (χ0v) is 18.6. The molecule has 9 heteroatoms. The van der Waals surface area contributed by atoms with E-state index in [1.807, 2.05) is 18.2 Å². The Balaban J connectivity index is 1.50. The van der Waals surface area contributed by atoms with Crippen LogP contribution in [-0.2, 0) is 15.1 Å². The summed E-state index contributed by atoms with van der Waals surface area (Å²) in [5.41, 5.74) is -0.271. The van der Waals surface area contributed by atoms with Crippen molar-refractivity contribution in [3.05, 3.63) is 34.9 Å². The number of aromatic nitrogens is 2.